The number of pyridine rings is 1. The van der Waals surface area contributed by atoms with Gasteiger partial charge in [-0.05, 0) is 48.9 Å². The molecule has 0 aliphatic carbocycles. The summed E-state index contributed by atoms with van der Waals surface area (Å²) < 4.78 is 20.6. The second kappa shape index (κ2) is 10.3. The number of likely N-dealkylation sites (tertiary alicyclic amines) is 1. The molecule has 6 nitrogen and oxygen atoms in total. The zero-order valence-electron chi connectivity index (χ0n) is 18.6. The summed E-state index contributed by atoms with van der Waals surface area (Å²) in [4.78, 5) is 19.0. The molecule has 4 rings (SSSR count). The van der Waals surface area contributed by atoms with E-state index in [1.807, 2.05) is 25.1 Å². The lowest BCUT2D eigenvalue weighted by Gasteiger charge is -2.25. The van der Waals surface area contributed by atoms with Crippen LogP contribution < -0.4 is 4.74 Å². The Bertz CT molecular complexity index is 1350. The molecule has 3 aromatic rings. The van der Waals surface area contributed by atoms with Crippen LogP contribution in [0.1, 0.15) is 39.9 Å². The van der Waals surface area contributed by atoms with Crippen LogP contribution in [0.15, 0.2) is 54.7 Å². The Labute approximate surface area is 212 Å². The van der Waals surface area contributed by atoms with Gasteiger partial charge in [0.05, 0.1) is 32.8 Å². The minimum atomic E-state index is -0.741. The van der Waals surface area contributed by atoms with Gasteiger partial charge in [-0.1, -0.05) is 29.3 Å². The predicted octanol–water partition coefficient (Wildman–Crippen LogP) is 5.59. The van der Waals surface area contributed by atoms with Crippen molar-refractivity contribution in [1.29, 1.82) is 10.5 Å². The largest absolute Gasteiger partial charge is 0.474 e. The van der Waals surface area contributed by atoms with Crippen molar-refractivity contribution in [2.75, 3.05) is 13.1 Å². The number of nitrogens with zero attached hydrogens (tertiary/aromatic N) is 4. The van der Waals surface area contributed by atoms with Gasteiger partial charge in [0.25, 0.3) is 5.91 Å². The molecule has 0 spiro atoms. The molecule has 0 bridgehead atoms. The smallest absolute Gasteiger partial charge is 0.256 e. The number of rotatable bonds is 5. The third-order valence-electron chi connectivity index (χ3n) is 6.13. The summed E-state index contributed by atoms with van der Waals surface area (Å²) in [5, 5.41) is 18.8. The Morgan fingerprint density at radius 2 is 1.83 bits per heavy atom. The van der Waals surface area contributed by atoms with E-state index in [1.165, 1.54) is 18.3 Å². The van der Waals surface area contributed by atoms with Gasteiger partial charge in [-0.2, -0.15) is 10.5 Å². The van der Waals surface area contributed by atoms with Gasteiger partial charge in [0.1, 0.15) is 18.0 Å². The Hall–Kier alpha value is -3.65. The molecule has 1 saturated heterocycles. The number of ether oxygens (including phenoxy) is 1. The average Bonchev–Trinajstić information content (AvgIpc) is 3.31. The predicted molar refractivity (Wildman–Crippen MR) is 129 cm³/mol. The molecule has 0 radical (unpaired) electrons. The zero-order chi connectivity index (χ0) is 25.1. The van der Waals surface area contributed by atoms with Crippen molar-refractivity contribution in [2.45, 2.75) is 18.9 Å². The van der Waals surface area contributed by atoms with Crippen molar-refractivity contribution >= 4 is 29.1 Å². The molecule has 176 valence electrons. The van der Waals surface area contributed by atoms with E-state index in [-0.39, 0.29) is 29.1 Å². The highest BCUT2D eigenvalue weighted by atomic mass is 35.5. The van der Waals surface area contributed by atoms with E-state index in [1.54, 1.807) is 29.2 Å². The van der Waals surface area contributed by atoms with E-state index in [0.717, 1.165) is 11.6 Å². The fourth-order valence-electron chi connectivity index (χ4n) is 4.29. The summed E-state index contributed by atoms with van der Waals surface area (Å²) in [5.41, 5.74) is 1.34. The summed E-state index contributed by atoms with van der Waals surface area (Å²) >= 11 is 12.4. The normalized spacial score (nSPS) is 17.9. The molecule has 2 heterocycles. The molecule has 35 heavy (non-hydrogen) atoms. The van der Waals surface area contributed by atoms with Crippen molar-refractivity contribution in [3.8, 4) is 18.0 Å². The minimum absolute atomic E-state index is 0.0973. The topological polar surface area (TPSA) is 90.0 Å². The Morgan fingerprint density at radius 3 is 2.46 bits per heavy atom. The highest BCUT2D eigenvalue weighted by Gasteiger charge is 2.41. The Kier molecular flexibility index (Phi) is 7.21. The minimum Gasteiger partial charge on any atom is -0.474 e. The number of carbonyl (C=O) groups excluding carboxylic acids is 1. The molecule has 3 atom stereocenters. The van der Waals surface area contributed by atoms with Crippen LogP contribution in [0.3, 0.4) is 0 Å². The molecule has 3 unspecified atom stereocenters. The summed E-state index contributed by atoms with van der Waals surface area (Å²) in [6.45, 7) is 2.50. The van der Waals surface area contributed by atoms with Gasteiger partial charge in [0, 0.05) is 37.2 Å². The van der Waals surface area contributed by atoms with E-state index in [9.17, 15) is 9.18 Å². The number of hydrogen-bond acceptors (Lipinski definition) is 5. The standard InChI is InChI=1S/C26H19Cl2FN4O2/c1-15(35-25-7-3-17(11-31)12-32-25)20-13-33(14-21(20)18-4-6-22(27)23(28)9-18)26(34)19-5-2-16(10-30)8-24(19)29/h2-9,12,15,20-21H,13-14H2,1H3. The average molecular weight is 509 g/mol. The van der Waals surface area contributed by atoms with E-state index >= 15 is 0 Å². The highest BCUT2D eigenvalue weighted by Crippen LogP contribution is 2.39. The molecular formula is C26H19Cl2FN4O2. The Morgan fingerprint density at radius 1 is 1.09 bits per heavy atom. The second-order valence-electron chi connectivity index (χ2n) is 8.28. The molecule has 0 N–H and O–H groups in total. The molecule has 1 amide bonds. The van der Waals surface area contributed by atoms with E-state index in [0.29, 0.717) is 34.6 Å². The monoisotopic (exact) mass is 508 g/mol. The molecule has 1 aliphatic rings. The molecule has 0 saturated carbocycles. The van der Waals surface area contributed by atoms with Gasteiger partial charge in [-0.3, -0.25) is 4.79 Å². The lowest BCUT2D eigenvalue weighted by molar-refractivity contribution is 0.0765. The SMILES string of the molecule is CC(Oc1ccc(C#N)cn1)C1CN(C(=O)c2ccc(C#N)cc2F)CC1c1ccc(Cl)c(Cl)c1. The van der Waals surface area contributed by atoms with Crippen molar-refractivity contribution < 1.29 is 13.9 Å². The first-order chi connectivity index (χ1) is 16.8. The fourth-order valence-corrected chi connectivity index (χ4v) is 4.60. The maximum Gasteiger partial charge on any atom is 0.256 e. The van der Waals surface area contributed by atoms with Crippen LogP contribution in [0.5, 0.6) is 5.88 Å². The lowest BCUT2D eigenvalue weighted by Crippen LogP contribution is -2.32. The number of carbonyl (C=O) groups is 1. The van der Waals surface area contributed by atoms with E-state index in [4.69, 9.17) is 38.5 Å². The first-order valence-corrected chi connectivity index (χ1v) is 11.5. The number of benzene rings is 2. The highest BCUT2D eigenvalue weighted by molar-refractivity contribution is 6.42. The van der Waals surface area contributed by atoms with Gasteiger partial charge < -0.3 is 9.64 Å². The third kappa shape index (κ3) is 5.22. The van der Waals surface area contributed by atoms with Gasteiger partial charge in [-0.25, -0.2) is 9.37 Å². The van der Waals surface area contributed by atoms with Gasteiger partial charge >= 0.3 is 0 Å². The van der Waals surface area contributed by atoms with E-state index < -0.39 is 11.7 Å². The van der Waals surface area contributed by atoms with Crippen LogP contribution in [0.25, 0.3) is 0 Å². The maximum atomic E-state index is 14.6. The number of amides is 1. The second-order valence-corrected chi connectivity index (χ2v) is 9.09. The van der Waals surface area contributed by atoms with Crippen LogP contribution in [-0.4, -0.2) is 35.0 Å². The summed E-state index contributed by atoms with van der Waals surface area (Å²) in [6.07, 6.45) is 1.05. The summed E-state index contributed by atoms with van der Waals surface area (Å²) in [5.74, 6) is -1.19. The Balaban J connectivity index is 1.62. The number of aromatic nitrogens is 1. The quantitative estimate of drug-likeness (QED) is 0.447. The van der Waals surface area contributed by atoms with Crippen LogP contribution in [0.4, 0.5) is 4.39 Å². The van der Waals surface area contributed by atoms with Crippen LogP contribution in [0, 0.1) is 34.4 Å². The zero-order valence-corrected chi connectivity index (χ0v) is 20.1. The van der Waals surface area contributed by atoms with Crippen molar-refractivity contribution in [1.82, 2.24) is 9.88 Å². The molecule has 1 aliphatic heterocycles. The van der Waals surface area contributed by atoms with E-state index in [2.05, 4.69) is 4.98 Å². The number of halogens is 3. The fraction of sp³-hybridized carbons (Fsp3) is 0.231. The number of nitriles is 2. The maximum absolute atomic E-state index is 14.6. The van der Waals surface area contributed by atoms with Crippen LogP contribution in [0.2, 0.25) is 10.0 Å². The van der Waals surface area contributed by atoms with Crippen molar-refractivity contribution in [3.63, 3.8) is 0 Å². The summed E-state index contributed by atoms with van der Waals surface area (Å²) in [6, 6.07) is 16.2. The van der Waals surface area contributed by atoms with Crippen molar-refractivity contribution in [3.05, 3.63) is 92.8 Å². The summed E-state index contributed by atoms with van der Waals surface area (Å²) in [7, 11) is 0. The molecule has 1 fully saturated rings. The molecule has 1 aromatic heterocycles. The van der Waals surface area contributed by atoms with Gasteiger partial charge in [0.2, 0.25) is 5.88 Å². The van der Waals surface area contributed by atoms with Crippen LogP contribution >= 0.6 is 23.2 Å². The lowest BCUT2D eigenvalue weighted by atomic mass is 9.86. The van der Waals surface area contributed by atoms with Crippen LogP contribution in [-0.2, 0) is 0 Å². The van der Waals surface area contributed by atoms with Gasteiger partial charge in [0.15, 0.2) is 0 Å². The third-order valence-corrected chi connectivity index (χ3v) is 6.87. The first-order valence-electron chi connectivity index (χ1n) is 10.8. The first kappa shape index (κ1) is 24.5. The number of hydrogen-bond donors (Lipinski definition) is 0. The van der Waals surface area contributed by atoms with Crippen molar-refractivity contribution in [2.24, 2.45) is 5.92 Å². The molecule has 2 aromatic carbocycles. The molecular weight excluding hydrogens is 490 g/mol. The molecule has 9 heteroatoms. The van der Waals surface area contributed by atoms with Gasteiger partial charge in [-0.15, -0.1) is 0 Å².